The Morgan fingerprint density at radius 1 is 1.09 bits per heavy atom. The number of ether oxygens (including phenoxy) is 1. The largest absolute Gasteiger partial charge is 0.493 e. The van der Waals surface area contributed by atoms with Gasteiger partial charge >= 0.3 is 5.97 Å². The lowest BCUT2D eigenvalue weighted by Gasteiger charge is -2.23. The van der Waals surface area contributed by atoms with Gasteiger partial charge in [-0.15, -0.1) is 0 Å². The Kier molecular flexibility index (Phi) is 8.84. The molecule has 3 aromatic carbocycles. The molecule has 0 heterocycles. The first kappa shape index (κ1) is 25.7. The predicted molar refractivity (Wildman–Crippen MR) is 137 cm³/mol. The van der Waals surface area contributed by atoms with Gasteiger partial charge in [0.15, 0.2) is 6.04 Å². The highest BCUT2D eigenvalue weighted by molar-refractivity contribution is 5.95. The summed E-state index contributed by atoms with van der Waals surface area (Å²) in [5.41, 5.74) is 9.70. The highest BCUT2D eigenvalue weighted by atomic mass is 19.1. The fourth-order valence-electron chi connectivity index (χ4n) is 3.98. The van der Waals surface area contributed by atoms with E-state index >= 15 is 0 Å². The Labute approximate surface area is 205 Å². The summed E-state index contributed by atoms with van der Waals surface area (Å²) in [6, 6.07) is 16.2. The first-order chi connectivity index (χ1) is 16.8. The molecule has 1 unspecified atom stereocenters. The molecule has 0 spiro atoms. The molecule has 6 nitrogen and oxygen atoms in total. The molecule has 0 radical (unpaired) electrons. The molecule has 0 bridgehead atoms. The number of benzene rings is 3. The van der Waals surface area contributed by atoms with Crippen molar-refractivity contribution in [1.29, 1.82) is 5.41 Å². The number of aliphatic carboxylic acids is 1. The number of nitrogens with two attached hydrogens (primary N) is 1. The normalized spacial score (nSPS) is 11.6. The second kappa shape index (κ2) is 12.0. The zero-order valence-corrected chi connectivity index (χ0v) is 20.1. The topological polar surface area (TPSA) is 108 Å². The van der Waals surface area contributed by atoms with Crippen molar-refractivity contribution in [2.45, 2.75) is 45.6 Å². The first-order valence-corrected chi connectivity index (χ1v) is 11.8. The molecular formula is C28H32FN3O3. The zero-order valence-electron chi connectivity index (χ0n) is 20.1. The number of amidine groups is 1. The number of rotatable bonds is 12. The summed E-state index contributed by atoms with van der Waals surface area (Å²) in [4.78, 5) is 12.4. The number of hydrogen-bond acceptors (Lipinski definition) is 4. The van der Waals surface area contributed by atoms with Crippen molar-refractivity contribution in [2.75, 3.05) is 11.9 Å². The molecule has 1 atom stereocenters. The maximum absolute atomic E-state index is 14.1. The van der Waals surface area contributed by atoms with Crippen LogP contribution < -0.4 is 15.8 Å². The Morgan fingerprint density at radius 3 is 2.40 bits per heavy atom. The van der Waals surface area contributed by atoms with E-state index in [4.69, 9.17) is 15.9 Å². The van der Waals surface area contributed by atoms with E-state index in [0.29, 0.717) is 34.5 Å². The average Bonchev–Trinajstić information content (AvgIpc) is 2.84. The summed E-state index contributed by atoms with van der Waals surface area (Å²) in [6.07, 6.45) is 2.72. The van der Waals surface area contributed by atoms with E-state index in [1.807, 2.05) is 13.0 Å². The SMILES string of the molecule is CCCc1cc(CC)cc(C(Nc2ccc(C(=N)N)cc2)C(=O)O)c1OCCc1ccccc1F. The standard InChI is InChI=1S/C28H32FN3O3/c1-3-7-21-16-18(4-2)17-23(26(21)35-15-14-19-8-5-6-9-24(19)29)25(28(33)34)32-22-12-10-20(11-13-22)27(30)31/h5-6,8-13,16-17,25,32H,3-4,7,14-15H2,1-2H3,(H3,30,31)(H,33,34). The van der Waals surface area contributed by atoms with Gasteiger partial charge in [0.25, 0.3) is 0 Å². The Morgan fingerprint density at radius 2 is 1.80 bits per heavy atom. The molecule has 0 aliphatic heterocycles. The number of anilines is 1. The van der Waals surface area contributed by atoms with E-state index in [0.717, 1.165) is 30.4 Å². The third kappa shape index (κ3) is 6.59. The van der Waals surface area contributed by atoms with Crippen molar-refractivity contribution in [3.63, 3.8) is 0 Å². The summed E-state index contributed by atoms with van der Waals surface area (Å²) in [7, 11) is 0. The molecular weight excluding hydrogens is 445 g/mol. The number of carboxylic acids is 1. The minimum Gasteiger partial charge on any atom is -0.493 e. The van der Waals surface area contributed by atoms with Crippen LogP contribution in [0.15, 0.2) is 60.7 Å². The fraction of sp³-hybridized carbons (Fsp3) is 0.286. The van der Waals surface area contributed by atoms with E-state index < -0.39 is 12.0 Å². The smallest absolute Gasteiger partial charge is 0.330 e. The van der Waals surface area contributed by atoms with Gasteiger partial charge in [-0.1, -0.05) is 44.5 Å². The number of aryl methyl sites for hydroxylation is 2. The van der Waals surface area contributed by atoms with Crippen molar-refractivity contribution in [3.8, 4) is 5.75 Å². The van der Waals surface area contributed by atoms with Gasteiger partial charge in [-0.25, -0.2) is 9.18 Å². The third-order valence-electron chi connectivity index (χ3n) is 5.82. The highest BCUT2D eigenvalue weighted by Crippen LogP contribution is 2.34. The summed E-state index contributed by atoms with van der Waals surface area (Å²) < 4.78 is 20.3. The Bertz CT molecular complexity index is 1180. The zero-order chi connectivity index (χ0) is 25.4. The van der Waals surface area contributed by atoms with Gasteiger partial charge in [-0.3, -0.25) is 5.41 Å². The van der Waals surface area contributed by atoms with Crippen LogP contribution in [0.3, 0.4) is 0 Å². The van der Waals surface area contributed by atoms with Crippen molar-refractivity contribution >= 4 is 17.5 Å². The van der Waals surface area contributed by atoms with E-state index in [-0.39, 0.29) is 18.3 Å². The first-order valence-electron chi connectivity index (χ1n) is 11.8. The number of carboxylic acid groups (broad SMARTS) is 1. The molecule has 0 aliphatic carbocycles. The van der Waals surface area contributed by atoms with Gasteiger partial charge in [0, 0.05) is 23.2 Å². The number of nitrogens with one attached hydrogen (secondary N) is 2. The van der Waals surface area contributed by atoms with Crippen LogP contribution in [0, 0.1) is 11.2 Å². The average molecular weight is 478 g/mol. The van der Waals surface area contributed by atoms with Crippen molar-refractivity contribution in [2.24, 2.45) is 5.73 Å². The monoisotopic (exact) mass is 477 g/mol. The summed E-state index contributed by atoms with van der Waals surface area (Å²) in [6.45, 7) is 4.30. The van der Waals surface area contributed by atoms with Gasteiger partial charge in [0.1, 0.15) is 17.4 Å². The maximum atomic E-state index is 14.1. The predicted octanol–water partition coefficient (Wildman–Crippen LogP) is 5.48. The molecule has 0 fully saturated rings. The molecule has 3 aromatic rings. The molecule has 5 N–H and O–H groups in total. The molecule has 7 heteroatoms. The van der Waals surface area contributed by atoms with Crippen LogP contribution in [0.2, 0.25) is 0 Å². The molecule has 184 valence electrons. The number of carbonyl (C=O) groups is 1. The molecule has 0 aliphatic rings. The molecule has 0 saturated heterocycles. The van der Waals surface area contributed by atoms with Gasteiger partial charge in [0.05, 0.1) is 6.61 Å². The van der Waals surface area contributed by atoms with Crippen LogP contribution in [0.5, 0.6) is 5.75 Å². The van der Waals surface area contributed by atoms with Gasteiger partial charge in [-0.2, -0.15) is 0 Å². The highest BCUT2D eigenvalue weighted by Gasteiger charge is 2.26. The summed E-state index contributed by atoms with van der Waals surface area (Å²) in [5, 5.41) is 20.8. The molecule has 3 rings (SSSR count). The maximum Gasteiger partial charge on any atom is 0.330 e. The fourth-order valence-corrected chi connectivity index (χ4v) is 3.98. The van der Waals surface area contributed by atoms with E-state index in [2.05, 4.69) is 18.3 Å². The second-order valence-electron chi connectivity index (χ2n) is 8.37. The minimum absolute atomic E-state index is 0.0586. The van der Waals surface area contributed by atoms with E-state index in [1.54, 1.807) is 42.5 Å². The Balaban J connectivity index is 1.96. The van der Waals surface area contributed by atoms with Crippen molar-refractivity contribution < 1.29 is 19.0 Å². The van der Waals surface area contributed by atoms with Crippen LogP contribution in [0.1, 0.15) is 54.1 Å². The van der Waals surface area contributed by atoms with Crippen molar-refractivity contribution in [1.82, 2.24) is 0 Å². The summed E-state index contributed by atoms with van der Waals surface area (Å²) >= 11 is 0. The van der Waals surface area contributed by atoms with Crippen LogP contribution in [0.4, 0.5) is 10.1 Å². The van der Waals surface area contributed by atoms with Gasteiger partial charge < -0.3 is 20.9 Å². The van der Waals surface area contributed by atoms with Gasteiger partial charge in [-0.05, 0) is 65.9 Å². The molecule has 35 heavy (non-hydrogen) atoms. The van der Waals surface area contributed by atoms with Crippen LogP contribution in [0.25, 0.3) is 0 Å². The molecule has 0 aromatic heterocycles. The second-order valence-corrected chi connectivity index (χ2v) is 8.37. The van der Waals surface area contributed by atoms with Crippen LogP contribution >= 0.6 is 0 Å². The minimum atomic E-state index is -1.07. The van der Waals surface area contributed by atoms with E-state index in [9.17, 15) is 14.3 Å². The number of hydrogen-bond donors (Lipinski definition) is 4. The quantitative estimate of drug-likeness (QED) is 0.204. The molecule has 0 amide bonds. The van der Waals surface area contributed by atoms with Crippen LogP contribution in [-0.4, -0.2) is 23.5 Å². The van der Waals surface area contributed by atoms with Crippen LogP contribution in [-0.2, 0) is 24.1 Å². The van der Waals surface area contributed by atoms with Crippen molar-refractivity contribution in [3.05, 3.63) is 94.3 Å². The summed E-state index contributed by atoms with van der Waals surface area (Å²) in [5.74, 6) is -0.863. The lowest BCUT2D eigenvalue weighted by atomic mass is 9.95. The lowest BCUT2D eigenvalue weighted by Crippen LogP contribution is -2.22. The molecule has 0 saturated carbocycles. The third-order valence-corrected chi connectivity index (χ3v) is 5.82. The number of nitrogen functional groups attached to an aromatic ring is 1. The van der Waals surface area contributed by atoms with E-state index in [1.165, 1.54) is 6.07 Å². The Hall–Kier alpha value is -3.87. The number of halogens is 1. The lowest BCUT2D eigenvalue weighted by molar-refractivity contribution is -0.138. The van der Waals surface area contributed by atoms with Gasteiger partial charge in [0.2, 0.25) is 0 Å².